The number of hydrogen-bond donors (Lipinski definition) is 2. The van der Waals surface area contributed by atoms with Crippen molar-refractivity contribution in [1.29, 1.82) is 0 Å². The quantitative estimate of drug-likeness (QED) is 0.214. The largest absolute Gasteiger partial charge is 2.00 e. The van der Waals surface area contributed by atoms with Crippen molar-refractivity contribution in [1.82, 2.24) is 0 Å². The van der Waals surface area contributed by atoms with Crippen molar-refractivity contribution in [2.24, 2.45) is 0 Å². The van der Waals surface area contributed by atoms with Crippen LogP contribution in [0.2, 0.25) is 0 Å². The summed E-state index contributed by atoms with van der Waals surface area (Å²) in [6, 6.07) is 10.3. The van der Waals surface area contributed by atoms with Crippen molar-refractivity contribution < 1.29 is 29.8 Å². The average molecular weight is 490 g/mol. The van der Waals surface area contributed by atoms with Crippen molar-refractivity contribution in [3.8, 4) is 0 Å². The predicted molar refractivity (Wildman–Crippen MR) is 84.7 cm³/mol. The molecule has 2 heterocycles. The van der Waals surface area contributed by atoms with Crippen molar-refractivity contribution in [3.63, 3.8) is 0 Å². The van der Waals surface area contributed by atoms with Gasteiger partial charge in [-0.15, -0.1) is 0 Å². The topological polar surface area (TPSA) is 128 Å². The Labute approximate surface area is 178 Å². The fraction of sp³-hybridized carbons (Fsp3) is 0. The van der Waals surface area contributed by atoms with Gasteiger partial charge in [0.05, 0.1) is 0 Å². The Kier molecular flexibility index (Phi) is 10.8. The van der Waals surface area contributed by atoms with Crippen LogP contribution in [0.5, 0.6) is 0 Å². The standard InChI is InChI=1S/C10H8N2O2S2.Ba.H2O4S.2H/c13-11-7-3-1-5-9(11)15-16-10-6-2-4-8-12(10)14;;1-5(2,3)4;;/h1-8H;;(H2,1,2,3,4);;/q;+2;;2*-1. The van der Waals surface area contributed by atoms with Gasteiger partial charge in [0.1, 0.15) is 0 Å². The Morgan fingerprint density at radius 1 is 0.909 bits per heavy atom. The molecule has 0 spiro atoms. The van der Waals surface area contributed by atoms with Gasteiger partial charge in [-0.25, -0.2) is 0 Å². The molecule has 0 bridgehead atoms. The molecule has 0 radical (unpaired) electrons. The van der Waals surface area contributed by atoms with Gasteiger partial charge < -0.3 is 13.3 Å². The third-order valence-electron chi connectivity index (χ3n) is 1.79. The molecule has 22 heavy (non-hydrogen) atoms. The third-order valence-corrected chi connectivity index (χ3v) is 4.12. The summed E-state index contributed by atoms with van der Waals surface area (Å²) in [4.78, 5) is 0. The van der Waals surface area contributed by atoms with Gasteiger partial charge in [0.2, 0.25) is 0 Å². The van der Waals surface area contributed by atoms with Gasteiger partial charge in [-0.05, 0) is 12.1 Å². The van der Waals surface area contributed by atoms with Crippen LogP contribution in [-0.4, -0.2) is 66.4 Å². The zero-order valence-electron chi connectivity index (χ0n) is 13.0. The van der Waals surface area contributed by atoms with Crippen LogP contribution in [0.25, 0.3) is 0 Å². The summed E-state index contributed by atoms with van der Waals surface area (Å²) >= 11 is 0. The molecule has 118 valence electrons. The molecule has 0 amide bonds. The molecule has 0 saturated heterocycles. The zero-order chi connectivity index (χ0) is 15.9. The van der Waals surface area contributed by atoms with E-state index in [1.807, 2.05) is 0 Å². The van der Waals surface area contributed by atoms with Crippen molar-refractivity contribution in [2.45, 2.75) is 10.1 Å². The van der Waals surface area contributed by atoms with Gasteiger partial charge in [0.25, 0.3) is 10.1 Å². The normalized spacial score (nSPS) is 10.1. The molecule has 0 fully saturated rings. The zero-order valence-corrected chi connectivity index (χ0v) is 17.9. The Morgan fingerprint density at radius 3 is 1.50 bits per heavy atom. The second-order valence-electron chi connectivity index (χ2n) is 3.34. The molecular weight excluding hydrogens is 478 g/mol. The molecule has 0 saturated carbocycles. The monoisotopic (exact) mass is 490 g/mol. The maximum atomic E-state index is 11.3. The van der Waals surface area contributed by atoms with Gasteiger partial charge in [0.15, 0.2) is 12.4 Å². The minimum Gasteiger partial charge on any atom is -1.00 e. The number of nitrogens with zero attached hydrogens (tertiary/aromatic N) is 2. The SMILES string of the molecule is O=S(=O)(O)O.[Ba+2].[H-].[H-].[O-][n+]1ccccc1SSc1cccc[n+]1[O-]. The fourth-order valence-electron chi connectivity index (χ4n) is 1.04. The molecular formula is C10H12BaN2O6S3. The van der Waals surface area contributed by atoms with Crippen LogP contribution in [0.15, 0.2) is 58.8 Å². The molecule has 0 aromatic carbocycles. The van der Waals surface area contributed by atoms with Gasteiger partial charge >= 0.3 is 59.3 Å². The number of pyridine rings is 2. The maximum Gasteiger partial charge on any atom is 2.00 e. The summed E-state index contributed by atoms with van der Waals surface area (Å²) in [7, 11) is -2.15. The summed E-state index contributed by atoms with van der Waals surface area (Å²) in [5.74, 6) is 0. The molecule has 0 atom stereocenters. The van der Waals surface area contributed by atoms with E-state index < -0.39 is 10.4 Å². The maximum absolute atomic E-state index is 11.3. The van der Waals surface area contributed by atoms with E-state index in [0.717, 1.165) is 9.46 Å². The first-order valence-electron chi connectivity index (χ1n) is 5.18. The molecule has 2 aromatic rings. The van der Waals surface area contributed by atoms with Crippen LogP contribution in [0.4, 0.5) is 0 Å². The van der Waals surface area contributed by atoms with Crippen LogP contribution >= 0.6 is 21.6 Å². The summed E-state index contributed by atoms with van der Waals surface area (Å²) < 4.78 is 33.1. The van der Waals surface area contributed by atoms with Gasteiger partial charge in [-0.1, -0.05) is 0 Å². The van der Waals surface area contributed by atoms with Crippen LogP contribution < -0.4 is 9.46 Å². The Hall–Kier alpha value is 0.0414. The molecule has 0 unspecified atom stereocenters. The molecule has 2 N–H and O–H groups in total. The second kappa shape index (κ2) is 10.7. The van der Waals surface area contributed by atoms with Crippen LogP contribution in [0.3, 0.4) is 0 Å². The number of aromatic nitrogens is 2. The first kappa shape index (κ1) is 22.0. The Morgan fingerprint density at radius 2 is 1.23 bits per heavy atom. The van der Waals surface area contributed by atoms with Crippen molar-refractivity contribution in [3.05, 3.63) is 59.2 Å². The molecule has 0 aliphatic rings. The van der Waals surface area contributed by atoms with Crippen molar-refractivity contribution >= 4 is 80.9 Å². The van der Waals surface area contributed by atoms with E-state index in [9.17, 15) is 10.4 Å². The Bertz CT molecular complexity index is 657. The van der Waals surface area contributed by atoms with E-state index in [-0.39, 0.29) is 51.7 Å². The Balaban J connectivity index is -0.000000490. The minimum atomic E-state index is -4.67. The van der Waals surface area contributed by atoms with E-state index >= 15 is 0 Å². The van der Waals surface area contributed by atoms with Gasteiger partial charge in [0, 0.05) is 45.9 Å². The predicted octanol–water partition coefficient (Wildman–Crippen LogP) is 0.944. The van der Waals surface area contributed by atoms with Crippen LogP contribution in [0.1, 0.15) is 2.85 Å². The molecule has 0 aliphatic carbocycles. The molecule has 12 heteroatoms. The van der Waals surface area contributed by atoms with E-state index in [0.29, 0.717) is 10.1 Å². The molecule has 2 aromatic heterocycles. The third kappa shape index (κ3) is 9.94. The first-order valence-corrected chi connectivity index (χ1v) is 8.73. The summed E-state index contributed by atoms with van der Waals surface area (Å²) in [6.45, 7) is 0. The van der Waals surface area contributed by atoms with E-state index in [1.54, 1.807) is 36.4 Å². The number of hydrogen-bond acceptors (Lipinski definition) is 6. The summed E-state index contributed by atoms with van der Waals surface area (Å²) in [5.41, 5.74) is 0. The van der Waals surface area contributed by atoms with Crippen LogP contribution in [0, 0.1) is 10.4 Å². The first-order chi connectivity index (χ1) is 9.77. The average Bonchev–Trinajstić information content (AvgIpc) is 2.37. The summed E-state index contributed by atoms with van der Waals surface area (Å²) in [5, 5.41) is 23.8. The van der Waals surface area contributed by atoms with E-state index in [2.05, 4.69) is 0 Å². The van der Waals surface area contributed by atoms with Crippen molar-refractivity contribution in [2.75, 3.05) is 0 Å². The molecule has 8 nitrogen and oxygen atoms in total. The van der Waals surface area contributed by atoms with E-state index in [1.165, 1.54) is 34.0 Å². The minimum absolute atomic E-state index is 0. The van der Waals surface area contributed by atoms with Gasteiger partial charge in [-0.2, -0.15) is 17.9 Å². The van der Waals surface area contributed by atoms with Crippen LogP contribution in [-0.2, 0) is 10.4 Å². The van der Waals surface area contributed by atoms with Gasteiger partial charge in [-0.3, -0.25) is 9.11 Å². The molecule has 0 aliphatic heterocycles. The smallest absolute Gasteiger partial charge is 1.00 e. The number of rotatable bonds is 3. The summed E-state index contributed by atoms with van der Waals surface area (Å²) in [6.07, 6.45) is 2.86. The van der Waals surface area contributed by atoms with E-state index in [4.69, 9.17) is 17.5 Å². The second-order valence-corrected chi connectivity index (χ2v) is 6.41. The molecule has 2 rings (SSSR count). The fourth-order valence-corrected chi connectivity index (χ4v) is 3.03.